The molecule has 2 rings (SSSR count). The van der Waals surface area contributed by atoms with Crippen LogP contribution in [-0.4, -0.2) is 23.0 Å². The van der Waals surface area contributed by atoms with E-state index in [1.807, 2.05) is 25.1 Å². The van der Waals surface area contributed by atoms with Crippen LogP contribution in [0.3, 0.4) is 0 Å². The van der Waals surface area contributed by atoms with Crippen LogP contribution < -0.4 is 5.32 Å². The fourth-order valence-electron chi connectivity index (χ4n) is 1.88. The Labute approximate surface area is 110 Å². The van der Waals surface area contributed by atoms with Gasteiger partial charge in [0.15, 0.2) is 5.76 Å². The topological polar surface area (TPSA) is 79.5 Å². The molecule has 1 amide bonds. The molecule has 0 saturated carbocycles. The van der Waals surface area contributed by atoms with Crippen LogP contribution in [0.15, 0.2) is 28.7 Å². The number of nitrogens with one attached hydrogen (secondary N) is 1. The molecule has 2 N–H and O–H groups in total. The zero-order valence-corrected chi connectivity index (χ0v) is 10.8. The average Bonchev–Trinajstić information content (AvgIpc) is 2.70. The Balaban J connectivity index is 2.15. The molecule has 19 heavy (non-hydrogen) atoms. The van der Waals surface area contributed by atoms with Crippen LogP contribution in [0, 0.1) is 6.92 Å². The summed E-state index contributed by atoms with van der Waals surface area (Å²) in [6.45, 7) is 3.60. The highest BCUT2D eigenvalue weighted by atomic mass is 16.4. The number of furan rings is 1. The summed E-state index contributed by atoms with van der Waals surface area (Å²) < 4.78 is 5.43. The minimum Gasteiger partial charge on any atom is -0.481 e. The summed E-state index contributed by atoms with van der Waals surface area (Å²) in [5.74, 6) is -1.16. The second kappa shape index (κ2) is 5.14. The number of benzene rings is 1. The van der Waals surface area contributed by atoms with Crippen LogP contribution in [0.1, 0.15) is 29.5 Å². The summed E-state index contributed by atoms with van der Waals surface area (Å²) in [7, 11) is 0. The first-order valence-electron chi connectivity index (χ1n) is 5.98. The third kappa shape index (κ3) is 3.13. The fraction of sp³-hybridized carbons (Fsp3) is 0.286. The van der Waals surface area contributed by atoms with Gasteiger partial charge >= 0.3 is 5.97 Å². The van der Waals surface area contributed by atoms with Gasteiger partial charge in [-0.2, -0.15) is 0 Å². The van der Waals surface area contributed by atoms with E-state index in [1.54, 1.807) is 13.0 Å². The first-order valence-corrected chi connectivity index (χ1v) is 5.98. The molecule has 2 aromatic rings. The lowest BCUT2D eigenvalue weighted by molar-refractivity contribution is -0.137. The SMILES string of the molecule is Cc1ccc2oc(C(=O)NC(C)CC(=O)O)cc2c1. The lowest BCUT2D eigenvalue weighted by atomic mass is 10.2. The molecule has 0 aliphatic carbocycles. The van der Waals surface area contributed by atoms with Crippen molar-refractivity contribution in [3.05, 3.63) is 35.6 Å². The average molecular weight is 261 g/mol. The molecule has 0 aliphatic rings. The highest BCUT2D eigenvalue weighted by Gasteiger charge is 2.16. The molecule has 0 saturated heterocycles. The quantitative estimate of drug-likeness (QED) is 0.885. The molecule has 0 radical (unpaired) electrons. The lowest BCUT2D eigenvalue weighted by Crippen LogP contribution is -2.33. The van der Waals surface area contributed by atoms with Crippen molar-refractivity contribution < 1.29 is 19.1 Å². The van der Waals surface area contributed by atoms with Crippen molar-refractivity contribution in [2.75, 3.05) is 0 Å². The molecule has 0 spiro atoms. The Kier molecular flexibility index (Phi) is 3.55. The highest BCUT2D eigenvalue weighted by molar-refractivity contribution is 5.96. The highest BCUT2D eigenvalue weighted by Crippen LogP contribution is 2.20. The largest absolute Gasteiger partial charge is 0.481 e. The molecule has 5 nitrogen and oxygen atoms in total. The van der Waals surface area contributed by atoms with Crippen molar-refractivity contribution in [2.45, 2.75) is 26.3 Å². The van der Waals surface area contributed by atoms with Gasteiger partial charge in [0, 0.05) is 11.4 Å². The summed E-state index contributed by atoms with van der Waals surface area (Å²) in [5, 5.41) is 12.1. The number of hydrogen-bond donors (Lipinski definition) is 2. The molecule has 1 unspecified atom stereocenters. The molecule has 0 aliphatic heterocycles. The van der Waals surface area contributed by atoms with E-state index < -0.39 is 17.9 Å². The Hall–Kier alpha value is -2.30. The van der Waals surface area contributed by atoms with Gasteiger partial charge in [-0.1, -0.05) is 11.6 Å². The van der Waals surface area contributed by atoms with Crippen LogP contribution in [0.2, 0.25) is 0 Å². The van der Waals surface area contributed by atoms with Gasteiger partial charge in [0.1, 0.15) is 5.58 Å². The van der Waals surface area contributed by atoms with Gasteiger partial charge in [0.05, 0.1) is 6.42 Å². The van der Waals surface area contributed by atoms with Gasteiger partial charge in [-0.05, 0) is 32.0 Å². The van der Waals surface area contributed by atoms with E-state index in [2.05, 4.69) is 5.32 Å². The van der Waals surface area contributed by atoms with Crippen molar-refractivity contribution in [3.8, 4) is 0 Å². The number of carbonyl (C=O) groups is 2. The van der Waals surface area contributed by atoms with E-state index in [-0.39, 0.29) is 12.2 Å². The standard InChI is InChI=1S/C14H15NO4/c1-8-3-4-11-10(5-8)7-12(19-11)14(18)15-9(2)6-13(16)17/h3-5,7,9H,6H2,1-2H3,(H,15,18)(H,16,17). The van der Waals surface area contributed by atoms with Gasteiger partial charge in [0.2, 0.25) is 0 Å². The smallest absolute Gasteiger partial charge is 0.305 e. The minimum atomic E-state index is -0.951. The number of aliphatic carboxylic acids is 1. The minimum absolute atomic E-state index is 0.120. The van der Waals surface area contributed by atoms with Crippen LogP contribution >= 0.6 is 0 Å². The maximum absolute atomic E-state index is 11.9. The molecule has 1 aromatic heterocycles. The maximum atomic E-state index is 11.9. The molecular weight excluding hydrogens is 246 g/mol. The summed E-state index contributed by atoms with van der Waals surface area (Å²) in [4.78, 5) is 22.4. The van der Waals surface area contributed by atoms with E-state index in [4.69, 9.17) is 9.52 Å². The monoisotopic (exact) mass is 261 g/mol. The maximum Gasteiger partial charge on any atom is 0.305 e. The molecule has 5 heteroatoms. The van der Waals surface area contributed by atoms with E-state index in [0.29, 0.717) is 5.58 Å². The zero-order chi connectivity index (χ0) is 14.0. The first kappa shape index (κ1) is 13.1. The summed E-state index contributed by atoms with van der Waals surface area (Å²) in [6, 6.07) is 6.85. The predicted molar refractivity (Wildman–Crippen MR) is 70.1 cm³/mol. The first-order chi connectivity index (χ1) is 8.95. The van der Waals surface area contributed by atoms with E-state index >= 15 is 0 Å². The fourth-order valence-corrected chi connectivity index (χ4v) is 1.88. The summed E-state index contributed by atoms with van der Waals surface area (Å²) in [5.41, 5.74) is 1.72. The summed E-state index contributed by atoms with van der Waals surface area (Å²) >= 11 is 0. The van der Waals surface area contributed by atoms with Crippen molar-refractivity contribution in [1.82, 2.24) is 5.32 Å². The molecule has 100 valence electrons. The van der Waals surface area contributed by atoms with E-state index in [0.717, 1.165) is 10.9 Å². The lowest BCUT2D eigenvalue weighted by Gasteiger charge is -2.09. The molecule has 0 bridgehead atoms. The second-order valence-electron chi connectivity index (χ2n) is 4.62. The third-order valence-corrected chi connectivity index (χ3v) is 2.75. The normalized spacial score (nSPS) is 12.3. The number of fused-ring (bicyclic) bond motifs is 1. The number of hydrogen-bond acceptors (Lipinski definition) is 3. The van der Waals surface area contributed by atoms with Crippen LogP contribution in [0.5, 0.6) is 0 Å². The Morgan fingerprint density at radius 1 is 1.37 bits per heavy atom. The molecular formula is C14H15NO4. The zero-order valence-electron chi connectivity index (χ0n) is 10.8. The van der Waals surface area contributed by atoms with E-state index in [9.17, 15) is 9.59 Å². The molecule has 0 fully saturated rings. The van der Waals surface area contributed by atoms with Gasteiger partial charge in [-0.25, -0.2) is 0 Å². The Morgan fingerprint density at radius 2 is 2.11 bits per heavy atom. The van der Waals surface area contributed by atoms with Crippen LogP contribution in [-0.2, 0) is 4.79 Å². The Bertz CT molecular complexity index is 629. The number of aryl methyl sites for hydroxylation is 1. The second-order valence-corrected chi connectivity index (χ2v) is 4.62. The van der Waals surface area contributed by atoms with Crippen LogP contribution in [0.4, 0.5) is 0 Å². The number of carbonyl (C=O) groups excluding carboxylic acids is 1. The van der Waals surface area contributed by atoms with Gasteiger partial charge < -0.3 is 14.8 Å². The van der Waals surface area contributed by atoms with Crippen molar-refractivity contribution in [3.63, 3.8) is 0 Å². The number of amides is 1. The molecule has 1 atom stereocenters. The number of carboxylic acids is 1. The van der Waals surface area contributed by atoms with Gasteiger partial charge in [-0.15, -0.1) is 0 Å². The number of rotatable bonds is 4. The Morgan fingerprint density at radius 3 is 2.79 bits per heavy atom. The van der Waals surface area contributed by atoms with Gasteiger partial charge in [-0.3, -0.25) is 9.59 Å². The summed E-state index contributed by atoms with van der Waals surface area (Å²) in [6.07, 6.45) is -0.120. The predicted octanol–water partition coefficient (Wildman–Crippen LogP) is 2.33. The van der Waals surface area contributed by atoms with Crippen molar-refractivity contribution in [1.29, 1.82) is 0 Å². The molecule has 1 heterocycles. The van der Waals surface area contributed by atoms with Crippen LogP contribution in [0.25, 0.3) is 11.0 Å². The van der Waals surface area contributed by atoms with Crippen molar-refractivity contribution in [2.24, 2.45) is 0 Å². The van der Waals surface area contributed by atoms with E-state index in [1.165, 1.54) is 0 Å². The van der Waals surface area contributed by atoms with Gasteiger partial charge in [0.25, 0.3) is 5.91 Å². The molecule has 1 aromatic carbocycles. The van der Waals surface area contributed by atoms with Crippen molar-refractivity contribution >= 4 is 22.8 Å². The number of carboxylic acid groups (broad SMARTS) is 1. The third-order valence-electron chi connectivity index (χ3n) is 2.75.